The van der Waals surface area contributed by atoms with Gasteiger partial charge in [-0.15, -0.1) is 0 Å². The average molecular weight is 339 g/mol. The molecule has 6 nitrogen and oxygen atoms in total. The molecule has 0 unspecified atom stereocenters. The van der Waals surface area contributed by atoms with E-state index in [-0.39, 0.29) is 5.91 Å². The van der Waals surface area contributed by atoms with E-state index in [1.807, 2.05) is 20.2 Å². The van der Waals surface area contributed by atoms with Crippen LogP contribution in [-0.4, -0.2) is 54.5 Å². The zero-order chi connectivity index (χ0) is 17.6. The number of amides is 1. The quantitative estimate of drug-likeness (QED) is 0.818. The number of hydrogen-bond acceptors (Lipinski definition) is 5. The van der Waals surface area contributed by atoms with Crippen LogP contribution in [-0.2, 0) is 6.42 Å². The number of para-hydroxylation sites is 1. The van der Waals surface area contributed by atoms with E-state index in [0.29, 0.717) is 12.2 Å². The molecule has 1 aromatic carbocycles. The van der Waals surface area contributed by atoms with E-state index in [4.69, 9.17) is 0 Å². The SMILES string of the molecule is CN(C)CCCNC(=O)c1cc(N2CCCc3ccccc32)ncn1. The standard InChI is InChI=1S/C19H25N5O/c1-23(2)11-6-10-20-19(25)16-13-18(22-14-21-16)24-12-5-8-15-7-3-4-9-17(15)24/h3-4,7,9,13-14H,5-6,8,10-12H2,1-2H3,(H,20,25). The monoisotopic (exact) mass is 339 g/mol. The zero-order valence-electron chi connectivity index (χ0n) is 14.9. The summed E-state index contributed by atoms with van der Waals surface area (Å²) in [7, 11) is 4.05. The first-order valence-electron chi connectivity index (χ1n) is 8.75. The van der Waals surface area contributed by atoms with Gasteiger partial charge in [-0.1, -0.05) is 18.2 Å². The summed E-state index contributed by atoms with van der Waals surface area (Å²) in [6.45, 7) is 2.49. The average Bonchev–Trinajstić information content (AvgIpc) is 2.64. The van der Waals surface area contributed by atoms with Crippen molar-refractivity contribution in [2.75, 3.05) is 38.6 Å². The summed E-state index contributed by atoms with van der Waals surface area (Å²) in [4.78, 5) is 25.1. The van der Waals surface area contributed by atoms with E-state index in [9.17, 15) is 4.79 Å². The molecule has 132 valence electrons. The largest absolute Gasteiger partial charge is 0.351 e. The minimum atomic E-state index is -0.146. The molecule has 0 aliphatic carbocycles. The number of aryl methyl sites for hydroxylation is 1. The Balaban J connectivity index is 1.71. The molecule has 2 heterocycles. The van der Waals surface area contributed by atoms with E-state index in [2.05, 4.69) is 43.3 Å². The number of rotatable bonds is 6. The highest BCUT2D eigenvalue weighted by Crippen LogP contribution is 2.32. The van der Waals surface area contributed by atoms with E-state index in [1.165, 1.54) is 17.6 Å². The number of hydrogen-bond donors (Lipinski definition) is 1. The fourth-order valence-electron chi connectivity index (χ4n) is 3.08. The van der Waals surface area contributed by atoms with Gasteiger partial charge in [-0.25, -0.2) is 9.97 Å². The molecule has 0 fully saturated rings. The lowest BCUT2D eigenvalue weighted by molar-refractivity contribution is 0.0947. The summed E-state index contributed by atoms with van der Waals surface area (Å²) in [5.41, 5.74) is 2.91. The van der Waals surface area contributed by atoms with Crippen molar-refractivity contribution in [3.63, 3.8) is 0 Å². The maximum Gasteiger partial charge on any atom is 0.270 e. The summed E-state index contributed by atoms with van der Waals surface area (Å²) in [6, 6.07) is 10.1. The molecule has 0 bridgehead atoms. The van der Waals surface area contributed by atoms with Crippen molar-refractivity contribution in [3.8, 4) is 0 Å². The Morgan fingerprint density at radius 2 is 2.12 bits per heavy atom. The lowest BCUT2D eigenvalue weighted by Gasteiger charge is -2.30. The fourth-order valence-corrected chi connectivity index (χ4v) is 3.08. The molecule has 1 aliphatic heterocycles. The van der Waals surface area contributed by atoms with Gasteiger partial charge in [0.15, 0.2) is 0 Å². The molecule has 3 rings (SSSR count). The minimum Gasteiger partial charge on any atom is -0.351 e. The molecular weight excluding hydrogens is 314 g/mol. The molecule has 25 heavy (non-hydrogen) atoms. The number of fused-ring (bicyclic) bond motifs is 1. The summed E-state index contributed by atoms with van der Waals surface area (Å²) in [5.74, 6) is 0.633. The van der Waals surface area contributed by atoms with Gasteiger partial charge in [0.1, 0.15) is 17.8 Å². The Morgan fingerprint density at radius 3 is 2.96 bits per heavy atom. The number of benzene rings is 1. The molecule has 0 saturated carbocycles. The lowest BCUT2D eigenvalue weighted by atomic mass is 10.0. The zero-order valence-corrected chi connectivity index (χ0v) is 14.9. The Bertz CT molecular complexity index is 731. The Labute approximate surface area is 148 Å². The normalized spacial score (nSPS) is 13.6. The second-order valence-electron chi connectivity index (χ2n) is 6.56. The molecule has 1 N–H and O–H groups in total. The number of nitrogens with zero attached hydrogens (tertiary/aromatic N) is 4. The molecule has 1 aromatic heterocycles. The number of carbonyl (C=O) groups is 1. The summed E-state index contributed by atoms with van der Waals surface area (Å²) in [5, 5.41) is 2.93. The van der Waals surface area contributed by atoms with E-state index >= 15 is 0 Å². The maximum atomic E-state index is 12.3. The van der Waals surface area contributed by atoms with Crippen LogP contribution in [0.5, 0.6) is 0 Å². The van der Waals surface area contributed by atoms with Crippen LogP contribution >= 0.6 is 0 Å². The Hall–Kier alpha value is -2.47. The third-order valence-electron chi connectivity index (χ3n) is 4.34. The molecule has 1 aliphatic rings. The van der Waals surface area contributed by atoms with Crippen LogP contribution in [0, 0.1) is 0 Å². The van der Waals surface area contributed by atoms with Crippen molar-refractivity contribution in [2.45, 2.75) is 19.3 Å². The predicted octanol–water partition coefficient (Wildman–Crippen LogP) is 2.24. The van der Waals surface area contributed by atoms with Gasteiger partial charge in [-0.3, -0.25) is 4.79 Å². The van der Waals surface area contributed by atoms with E-state index in [0.717, 1.165) is 38.2 Å². The third-order valence-corrected chi connectivity index (χ3v) is 4.34. The van der Waals surface area contributed by atoms with Crippen molar-refractivity contribution < 1.29 is 4.79 Å². The van der Waals surface area contributed by atoms with Crippen molar-refractivity contribution in [3.05, 3.63) is 47.9 Å². The maximum absolute atomic E-state index is 12.3. The van der Waals surface area contributed by atoms with Crippen LogP contribution < -0.4 is 10.2 Å². The van der Waals surface area contributed by atoms with Crippen LogP contribution in [0.15, 0.2) is 36.7 Å². The number of carbonyl (C=O) groups excluding carboxylic acids is 1. The second-order valence-corrected chi connectivity index (χ2v) is 6.56. The highest BCUT2D eigenvalue weighted by Gasteiger charge is 2.20. The smallest absolute Gasteiger partial charge is 0.270 e. The third kappa shape index (κ3) is 4.33. The van der Waals surface area contributed by atoms with Crippen LogP contribution in [0.4, 0.5) is 11.5 Å². The molecule has 0 spiro atoms. The first kappa shape index (κ1) is 17.4. The van der Waals surface area contributed by atoms with Crippen LogP contribution in [0.3, 0.4) is 0 Å². The highest BCUT2D eigenvalue weighted by atomic mass is 16.1. The molecule has 6 heteroatoms. The topological polar surface area (TPSA) is 61.4 Å². The van der Waals surface area contributed by atoms with Gasteiger partial charge < -0.3 is 15.1 Å². The van der Waals surface area contributed by atoms with Crippen molar-refractivity contribution in [1.82, 2.24) is 20.2 Å². The molecule has 0 saturated heterocycles. The first-order chi connectivity index (χ1) is 12.1. The van der Waals surface area contributed by atoms with E-state index < -0.39 is 0 Å². The van der Waals surface area contributed by atoms with Gasteiger partial charge in [0.2, 0.25) is 0 Å². The van der Waals surface area contributed by atoms with Gasteiger partial charge in [-0.05, 0) is 51.5 Å². The molecular formula is C19H25N5O. The predicted molar refractivity (Wildman–Crippen MR) is 99.3 cm³/mol. The number of nitrogens with one attached hydrogen (secondary N) is 1. The van der Waals surface area contributed by atoms with Gasteiger partial charge in [0.25, 0.3) is 5.91 Å². The lowest BCUT2D eigenvalue weighted by Crippen LogP contribution is -2.29. The summed E-state index contributed by atoms with van der Waals surface area (Å²) < 4.78 is 0. The summed E-state index contributed by atoms with van der Waals surface area (Å²) in [6.07, 6.45) is 4.54. The molecule has 0 atom stereocenters. The Morgan fingerprint density at radius 1 is 1.28 bits per heavy atom. The second kappa shape index (κ2) is 8.07. The number of aromatic nitrogens is 2. The van der Waals surface area contributed by atoms with Crippen LogP contribution in [0.1, 0.15) is 28.9 Å². The number of anilines is 2. The molecule has 0 radical (unpaired) electrons. The Kier molecular flexibility index (Phi) is 5.60. The summed E-state index contributed by atoms with van der Waals surface area (Å²) >= 11 is 0. The van der Waals surface area contributed by atoms with Crippen LogP contribution in [0.2, 0.25) is 0 Å². The first-order valence-corrected chi connectivity index (χ1v) is 8.75. The highest BCUT2D eigenvalue weighted by molar-refractivity contribution is 5.93. The van der Waals surface area contributed by atoms with Crippen molar-refractivity contribution >= 4 is 17.4 Å². The molecule has 2 aromatic rings. The minimum absolute atomic E-state index is 0.146. The van der Waals surface area contributed by atoms with Crippen molar-refractivity contribution in [2.24, 2.45) is 0 Å². The molecule has 1 amide bonds. The van der Waals surface area contributed by atoms with Gasteiger partial charge in [0, 0.05) is 24.8 Å². The van der Waals surface area contributed by atoms with Crippen LogP contribution in [0.25, 0.3) is 0 Å². The van der Waals surface area contributed by atoms with Gasteiger partial charge in [-0.2, -0.15) is 0 Å². The van der Waals surface area contributed by atoms with Gasteiger partial charge in [0.05, 0.1) is 0 Å². The fraction of sp³-hybridized carbons (Fsp3) is 0.421. The van der Waals surface area contributed by atoms with E-state index in [1.54, 1.807) is 6.07 Å². The van der Waals surface area contributed by atoms with Crippen molar-refractivity contribution in [1.29, 1.82) is 0 Å². The van der Waals surface area contributed by atoms with Gasteiger partial charge >= 0.3 is 0 Å².